The molecule has 0 radical (unpaired) electrons. The zero-order valence-electron chi connectivity index (χ0n) is 11.7. The summed E-state index contributed by atoms with van der Waals surface area (Å²) in [6, 6.07) is 4.98. The maximum atomic E-state index is 13.9. The van der Waals surface area contributed by atoms with Crippen LogP contribution in [0.25, 0.3) is 0 Å². The molecule has 108 valence electrons. The number of anilines is 1. The highest BCUT2D eigenvalue weighted by molar-refractivity contribution is 14.1. The van der Waals surface area contributed by atoms with Crippen LogP contribution in [0, 0.1) is 9.39 Å². The van der Waals surface area contributed by atoms with Gasteiger partial charge in [0.15, 0.2) is 5.78 Å². The van der Waals surface area contributed by atoms with Gasteiger partial charge < -0.3 is 10.2 Å². The van der Waals surface area contributed by atoms with Crippen molar-refractivity contribution >= 4 is 34.1 Å². The fourth-order valence-corrected chi connectivity index (χ4v) is 2.68. The van der Waals surface area contributed by atoms with Crippen LogP contribution in [-0.2, 0) is 4.79 Å². The van der Waals surface area contributed by atoms with Crippen LogP contribution in [0.15, 0.2) is 29.6 Å². The Hall–Kier alpha value is -1.15. The van der Waals surface area contributed by atoms with Crippen LogP contribution in [-0.4, -0.2) is 42.9 Å². The number of benzene rings is 1. The minimum absolute atomic E-state index is 0.00294. The van der Waals surface area contributed by atoms with Crippen molar-refractivity contribution in [1.29, 1.82) is 0 Å². The Labute approximate surface area is 131 Å². The molecule has 6 heteroatoms. The van der Waals surface area contributed by atoms with Gasteiger partial charge in [-0.3, -0.25) is 9.69 Å². The van der Waals surface area contributed by atoms with Crippen molar-refractivity contribution in [2.75, 3.05) is 32.6 Å². The van der Waals surface area contributed by atoms with Gasteiger partial charge in [-0.05, 0) is 54.8 Å². The van der Waals surface area contributed by atoms with Crippen molar-refractivity contribution in [3.8, 4) is 0 Å². The molecule has 0 spiro atoms. The van der Waals surface area contributed by atoms with E-state index in [2.05, 4.69) is 27.9 Å². The third kappa shape index (κ3) is 3.29. The largest absolute Gasteiger partial charge is 0.348 e. The van der Waals surface area contributed by atoms with E-state index in [1.54, 1.807) is 6.07 Å². The van der Waals surface area contributed by atoms with E-state index in [4.69, 9.17) is 0 Å². The molecular formula is C14H17FIN3O. The quantitative estimate of drug-likeness (QED) is 0.806. The Kier molecular flexibility index (Phi) is 4.64. The van der Waals surface area contributed by atoms with Crippen molar-refractivity contribution in [3.63, 3.8) is 0 Å². The lowest BCUT2D eigenvalue weighted by atomic mass is 10.1. The molecule has 20 heavy (non-hydrogen) atoms. The number of ketones is 1. The molecule has 1 aliphatic heterocycles. The molecule has 0 aromatic heterocycles. The van der Waals surface area contributed by atoms with Crippen molar-refractivity contribution in [2.45, 2.75) is 6.92 Å². The molecule has 0 amide bonds. The van der Waals surface area contributed by atoms with Gasteiger partial charge in [-0.1, -0.05) is 0 Å². The average Bonchev–Trinajstić information content (AvgIpc) is 2.34. The molecule has 4 nitrogen and oxygen atoms in total. The number of hydrogen-bond donors (Lipinski definition) is 1. The number of carbonyl (C=O) groups excluding carboxylic acids is 1. The van der Waals surface area contributed by atoms with Gasteiger partial charge in [0.05, 0.1) is 12.4 Å². The van der Waals surface area contributed by atoms with E-state index in [9.17, 15) is 9.18 Å². The van der Waals surface area contributed by atoms with Gasteiger partial charge in [0.1, 0.15) is 11.6 Å². The molecule has 0 saturated carbocycles. The van der Waals surface area contributed by atoms with E-state index in [-0.39, 0.29) is 11.6 Å². The van der Waals surface area contributed by atoms with Crippen molar-refractivity contribution in [2.24, 2.45) is 0 Å². The number of Topliss-reactive ketones (excluding diaryl/α,β-unsaturated/α-hetero) is 1. The second-order valence-corrected chi connectivity index (χ2v) is 6.23. The van der Waals surface area contributed by atoms with Gasteiger partial charge in [-0.2, -0.15) is 0 Å². The van der Waals surface area contributed by atoms with Gasteiger partial charge in [-0.15, -0.1) is 0 Å². The number of likely N-dealkylation sites (N-methyl/N-ethyl adjacent to an activating group) is 1. The lowest BCUT2D eigenvalue weighted by Gasteiger charge is -2.35. The molecule has 1 aromatic rings. The Morgan fingerprint density at radius 2 is 2.10 bits per heavy atom. The molecule has 0 aliphatic carbocycles. The van der Waals surface area contributed by atoms with Crippen LogP contribution in [0.3, 0.4) is 0 Å². The fourth-order valence-electron chi connectivity index (χ4n) is 2.23. The third-order valence-corrected chi connectivity index (χ3v) is 3.83. The molecule has 1 aromatic carbocycles. The predicted octanol–water partition coefficient (Wildman–Crippen LogP) is 2.48. The van der Waals surface area contributed by atoms with E-state index < -0.39 is 0 Å². The molecule has 0 saturated heterocycles. The zero-order chi connectivity index (χ0) is 14.9. The van der Waals surface area contributed by atoms with Gasteiger partial charge in [0.25, 0.3) is 0 Å². The summed E-state index contributed by atoms with van der Waals surface area (Å²) in [6.45, 7) is 2.79. The van der Waals surface area contributed by atoms with Crippen LogP contribution in [0.5, 0.6) is 0 Å². The van der Waals surface area contributed by atoms with E-state index in [0.717, 1.165) is 3.57 Å². The fraction of sp³-hybridized carbons (Fsp3) is 0.357. The lowest BCUT2D eigenvalue weighted by Crippen LogP contribution is -2.43. The van der Waals surface area contributed by atoms with Crippen LogP contribution >= 0.6 is 22.6 Å². The highest BCUT2D eigenvalue weighted by Gasteiger charge is 2.24. The predicted molar refractivity (Wildman–Crippen MR) is 85.7 cm³/mol. The summed E-state index contributed by atoms with van der Waals surface area (Å²) in [6.07, 6.45) is 0. The summed E-state index contributed by atoms with van der Waals surface area (Å²) in [5, 5.41) is 3.06. The van der Waals surface area contributed by atoms with E-state index in [1.165, 1.54) is 13.0 Å². The number of halogens is 2. The van der Waals surface area contributed by atoms with Crippen LogP contribution in [0.4, 0.5) is 10.1 Å². The Morgan fingerprint density at radius 1 is 1.40 bits per heavy atom. The third-order valence-electron chi connectivity index (χ3n) is 3.16. The van der Waals surface area contributed by atoms with Gasteiger partial charge in [0.2, 0.25) is 0 Å². The van der Waals surface area contributed by atoms with Gasteiger partial charge in [-0.25, -0.2) is 4.39 Å². The molecule has 0 unspecified atom stereocenters. The normalized spacial score (nSPS) is 16.6. The second-order valence-electron chi connectivity index (χ2n) is 4.99. The summed E-state index contributed by atoms with van der Waals surface area (Å²) in [4.78, 5) is 15.7. The molecular weight excluding hydrogens is 372 g/mol. The standard InChI is InChI=1S/C14H17FIN3O/c1-9(20)11-7-18(2)8-19(3)14(11)17-13-5-4-10(16)6-12(13)15/h4-6,17H,7-8H2,1-3H3. The Morgan fingerprint density at radius 3 is 2.70 bits per heavy atom. The Balaban J connectivity index is 2.37. The Bertz CT molecular complexity index is 574. The highest BCUT2D eigenvalue weighted by atomic mass is 127. The van der Waals surface area contributed by atoms with Crippen LogP contribution in [0.1, 0.15) is 6.92 Å². The molecule has 1 aliphatic rings. The lowest BCUT2D eigenvalue weighted by molar-refractivity contribution is -0.114. The average molecular weight is 389 g/mol. The molecule has 1 heterocycles. The highest BCUT2D eigenvalue weighted by Crippen LogP contribution is 2.23. The maximum absolute atomic E-state index is 13.9. The number of carbonyl (C=O) groups is 1. The molecule has 1 N–H and O–H groups in total. The number of nitrogens with zero attached hydrogens (tertiary/aromatic N) is 2. The number of hydrogen-bond acceptors (Lipinski definition) is 4. The summed E-state index contributed by atoms with van der Waals surface area (Å²) in [5.41, 5.74) is 1.05. The van der Waals surface area contributed by atoms with Crippen molar-refractivity contribution in [1.82, 2.24) is 9.80 Å². The SMILES string of the molecule is CC(=O)C1=C(Nc2ccc(I)cc2F)N(C)CN(C)C1. The second kappa shape index (κ2) is 6.09. The molecule has 0 bridgehead atoms. The van der Waals surface area contributed by atoms with Gasteiger partial charge >= 0.3 is 0 Å². The van der Waals surface area contributed by atoms with E-state index in [1.807, 2.05) is 30.0 Å². The monoisotopic (exact) mass is 389 g/mol. The topological polar surface area (TPSA) is 35.6 Å². The van der Waals surface area contributed by atoms with Crippen molar-refractivity contribution in [3.05, 3.63) is 39.0 Å². The van der Waals surface area contributed by atoms with E-state index in [0.29, 0.717) is 30.3 Å². The smallest absolute Gasteiger partial charge is 0.160 e. The van der Waals surface area contributed by atoms with E-state index >= 15 is 0 Å². The maximum Gasteiger partial charge on any atom is 0.160 e. The first-order valence-electron chi connectivity index (χ1n) is 6.24. The first-order valence-corrected chi connectivity index (χ1v) is 7.32. The van der Waals surface area contributed by atoms with Crippen molar-refractivity contribution < 1.29 is 9.18 Å². The van der Waals surface area contributed by atoms with Gasteiger partial charge in [0, 0.05) is 22.7 Å². The molecule has 0 atom stereocenters. The molecule has 2 rings (SSSR count). The first kappa shape index (κ1) is 15.2. The molecule has 0 fully saturated rings. The zero-order valence-corrected chi connectivity index (χ0v) is 13.9. The summed E-state index contributed by atoms with van der Waals surface area (Å²) < 4.78 is 14.8. The summed E-state index contributed by atoms with van der Waals surface area (Å²) in [7, 11) is 3.83. The van der Waals surface area contributed by atoms with Crippen LogP contribution < -0.4 is 5.32 Å². The summed E-state index contributed by atoms with van der Waals surface area (Å²) in [5.74, 6) is 0.354. The number of rotatable bonds is 3. The van der Waals surface area contributed by atoms with Crippen LogP contribution in [0.2, 0.25) is 0 Å². The minimum Gasteiger partial charge on any atom is -0.348 e. The minimum atomic E-state index is -0.320. The number of nitrogens with one attached hydrogen (secondary N) is 1. The summed E-state index contributed by atoms with van der Waals surface area (Å²) >= 11 is 2.06. The first-order chi connectivity index (χ1) is 9.38.